The monoisotopic (exact) mass is 267 g/mol. The first-order valence-electron chi connectivity index (χ1n) is 7.18. The smallest absolute Gasteiger partial charge is 0.0964 e. The highest BCUT2D eigenvalue weighted by molar-refractivity contribution is 4.91. The van der Waals surface area contributed by atoms with Crippen LogP contribution in [0.5, 0.6) is 0 Å². The molecule has 19 heavy (non-hydrogen) atoms. The Bertz CT molecular complexity index is 360. The molecular weight excluding hydrogens is 242 g/mol. The summed E-state index contributed by atoms with van der Waals surface area (Å²) in [5.41, 5.74) is 0.987. The third-order valence-electron chi connectivity index (χ3n) is 3.48. The molecule has 0 bridgehead atoms. The molecule has 0 saturated carbocycles. The van der Waals surface area contributed by atoms with E-state index in [-0.39, 0.29) is 0 Å². The van der Waals surface area contributed by atoms with Crippen LogP contribution in [-0.4, -0.2) is 59.3 Å². The van der Waals surface area contributed by atoms with Gasteiger partial charge in [0.25, 0.3) is 0 Å². The summed E-state index contributed by atoms with van der Waals surface area (Å²) in [6.07, 6.45) is 4.68. The maximum absolute atomic E-state index is 5.89. The molecule has 1 fully saturated rings. The highest BCUT2D eigenvalue weighted by atomic mass is 16.5. The Kier molecular flexibility index (Phi) is 5.75. The van der Waals surface area contributed by atoms with Crippen molar-refractivity contribution in [2.75, 3.05) is 33.3 Å². The van der Waals surface area contributed by atoms with Gasteiger partial charge in [-0.05, 0) is 26.4 Å². The van der Waals surface area contributed by atoms with Crippen molar-refractivity contribution in [3.63, 3.8) is 0 Å². The molecule has 1 aromatic rings. The van der Waals surface area contributed by atoms with Crippen LogP contribution in [-0.2, 0) is 17.8 Å². The molecule has 2 heterocycles. The van der Waals surface area contributed by atoms with E-state index >= 15 is 0 Å². The van der Waals surface area contributed by atoms with Crippen molar-refractivity contribution in [2.45, 2.75) is 39.0 Å². The summed E-state index contributed by atoms with van der Waals surface area (Å²) in [4.78, 5) is 2.35. The van der Waals surface area contributed by atoms with Crippen molar-refractivity contribution in [1.82, 2.24) is 25.2 Å². The molecule has 0 amide bonds. The second-order valence-electron chi connectivity index (χ2n) is 5.13. The topological polar surface area (TPSA) is 55.2 Å². The number of aromatic nitrogens is 3. The third-order valence-corrected chi connectivity index (χ3v) is 3.48. The predicted octanol–water partition coefficient (Wildman–Crippen LogP) is 0.498. The minimum Gasteiger partial charge on any atom is -0.376 e. The second-order valence-corrected chi connectivity index (χ2v) is 5.13. The van der Waals surface area contributed by atoms with E-state index in [2.05, 4.69) is 34.5 Å². The van der Waals surface area contributed by atoms with Gasteiger partial charge in [-0.2, -0.15) is 0 Å². The van der Waals surface area contributed by atoms with Gasteiger partial charge in [0.2, 0.25) is 0 Å². The zero-order valence-electron chi connectivity index (χ0n) is 12.0. The number of nitrogens with one attached hydrogen (secondary N) is 1. The van der Waals surface area contributed by atoms with Crippen LogP contribution in [0, 0.1) is 0 Å². The number of piperidine rings is 1. The Hall–Kier alpha value is -0.980. The first-order valence-corrected chi connectivity index (χ1v) is 7.18. The molecule has 1 aliphatic heterocycles. The van der Waals surface area contributed by atoms with Gasteiger partial charge in [0, 0.05) is 25.8 Å². The summed E-state index contributed by atoms with van der Waals surface area (Å²) in [5.74, 6) is 0. The van der Waals surface area contributed by atoms with E-state index in [1.807, 2.05) is 10.9 Å². The van der Waals surface area contributed by atoms with Gasteiger partial charge >= 0.3 is 0 Å². The Morgan fingerprint density at radius 3 is 2.95 bits per heavy atom. The molecule has 2 rings (SSSR count). The van der Waals surface area contributed by atoms with Crippen LogP contribution in [0.25, 0.3) is 0 Å². The number of hydrogen-bond acceptors (Lipinski definition) is 5. The summed E-state index contributed by atoms with van der Waals surface area (Å²) in [5, 5.41) is 11.5. The molecule has 0 aromatic carbocycles. The Labute approximate surface area is 115 Å². The number of likely N-dealkylation sites (tertiary alicyclic amines) is 1. The SMILES string of the molecule is CCNCc1cn(CCOC2CCN(C)CC2)nn1. The molecule has 6 nitrogen and oxygen atoms in total. The molecule has 0 radical (unpaired) electrons. The van der Waals surface area contributed by atoms with Gasteiger partial charge in [0.1, 0.15) is 0 Å². The third kappa shape index (κ3) is 4.89. The summed E-state index contributed by atoms with van der Waals surface area (Å²) in [7, 11) is 2.16. The highest BCUT2D eigenvalue weighted by Crippen LogP contribution is 2.11. The van der Waals surface area contributed by atoms with Crippen molar-refractivity contribution in [3.05, 3.63) is 11.9 Å². The van der Waals surface area contributed by atoms with Crippen molar-refractivity contribution in [2.24, 2.45) is 0 Å². The molecule has 0 unspecified atom stereocenters. The van der Waals surface area contributed by atoms with E-state index in [9.17, 15) is 0 Å². The predicted molar refractivity (Wildman–Crippen MR) is 73.9 cm³/mol. The number of rotatable bonds is 7. The van der Waals surface area contributed by atoms with Crippen molar-refractivity contribution in [3.8, 4) is 0 Å². The van der Waals surface area contributed by atoms with E-state index in [4.69, 9.17) is 4.74 Å². The zero-order valence-corrected chi connectivity index (χ0v) is 12.0. The van der Waals surface area contributed by atoms with Crippen LogP contribution < -0.4 is 5.32 Å². The first kappa shape index (κ1) is 14.4. The number of nitrogens with zero attached hydrogens (tertiary/aromatic N) is 4. The molecule has 1 aliphatic rings. The van der Waals surface area contributed by atoms with E-state index < -0.39 is 0 Å². The summed E-state index contributed by atoms with van der Waals surface area (Å²) >= 11 is 0. The zero-order chi connectivity index (χ0) is 13.5. The van der Waals surface area contributed by atoms with Crippen LogP contribution in [0.1, 0.15) is 25.5 Å². The summed E-state index contributed by atoms with van der Waals surface area (Å²) in [6.45, 7) is 7.60. The minimum atomic E-state index is 0.418. The van der Waals surface area contributed by atoms with Gasteiger partial charge in [0.15, 0.2) is 0 Å². The minimum absolute atomic E-state index is 0.418. The van der Waals surface area contributed by atoms with Gasteiger partial charge in [-0.1, -0.05) is 12.1 Å². The van der Waals surface area contributed by atoms with Crippen LogP contribution in [0.3, 0.4) is 0 Å². The fraction of sp³-hybridized carbons (Fsp3) is 0.846. The lowest BCUT2D eigenvalue weighted by Crippen LogP contribution is -2.34. The fourth-order valence-corrected chi connectivity index (χ4v) is 2.25. The standard InChI is InChI=1S/C13H25N5O/c1-3-14-10-12-11-18(16-15-12)8-9-19-13-4-6-17(2)7-5-13/h11,13-14H,3-10H2,1-2H3. The maximum atomic E-state index is 5.89. The van der Waals surface area contributed by atoms with E-state index in [1.54, 1.807) is 0 Å². The lowest BCUT2D eigenvalue weighted by molar-refractivity contribution is 0.00771. The summed E-state index contributed by atoms with van der Waals surface area (Å²) in [6, 6.07) is 0. The Morgan fingerprint density at radius 2 is 2.21 bits per heavy atom. The van der Waals surface area contributed by atoms with Gasteiger partial charge in [-0.15, -0.1) is 5.10 Å². The van der Waals surface area contributed by atoms with Crippen molar-refractivity contribution < 1.29 is 4.74 Å². The van der Waals surface area contributed by atoms with Crippen LogP contribution in [0.4, 0.5) is 0 Å². The highest BCUT2D eigenvalue weighted by Gasteiger charge is 2.16. The average molecular weight is 267 g/mol. The van der Waals surface area contributed by atoms with Crippen LogP contribution in [0.2, 0.25) is 0 Å². The van der Waals surface area contributed by atoms with Crippen LogP contribution in [0.15, 0.2) is 6.20 Å². The molecule has 0 spiro atoms. The molecule has 0 aliphatic carbocycles. The molecule has 1 N–H and O–H groups in total. The second kappa shape index (κ2) is 7.57. The first-order chi connectivity index (χ1) is 9.28. The van der Waals surface area contributed by atoms with Gasteiger partial charge < -0.3 is 15.0 Å². The lowest BCUT2D eigenvalue weighted by atomic mass is 10.1. The van der Waals surface area contributed by atoms with E-state index in [1.165, 1.54) is 0 Å². The molecule has 6 heteroatoms. The number of ether oxygens (including phenoxy) is 1. The van der Waals surface area contributed by atoms with Gasteiger partial charge in [0.05, 0.1) is 24.9 Å². The largest absolute Gasteiger partial charge is 0.376 e. The van der Waals surface area contributed by atoms with Gasteiger partial charge in [-0.25, -0.2) is 4.68 Å². The van der Waals surface area contributed by atoms with Crippen molar-refractivity contribution in [1.29, 1.82) is 0 Å². The molecule has 1 aromatic heterocycles. The van der Waals surface area contributed by atoms with Gasteiger partial charge in [-0.3, -0.25) is 0 Å². The quantitative estimate of drug-likeness (QED) is 0.779. The van der Waals surface area contributed by atoms with Crippen LogP contribution >= 0.6 is 0 Å². The molecular formula is C13H25N5O. The fourth-order valence-electron chi connectivity index (χ4n) is 2.25. The normalized spacial score (nSPS) is 18.0. The Balaban J connectivity index is 1.63. The van der Waals surface area contributed by atoms with Crippen molar-refractivity contribution >= 4 is 0 Å². The molecule has 108 valence electrons. The maximum Gasteiger partial charge on any atom is 0.0964 e. The summed E-state index contributed by atoms with van der Waals surface area (Å²) < 4.78 is 7.76. The van der Waals surface area contributed by atoms with E-state index in [0.29, 0.717) is 6.10 Å². The molecule has 1 saturated heterocycles. The lowest BCUT2D eigenvalue weighted by Gasteiger charge is -2.28. The van der Waals surface area contributed by atoms with E-state index in [0.717, 1.165) is 57.9 Å². The Morgan fingerprint density at radius 1 is 1.42 bits per heavy atom. The molecule has 0 atom stereocenters. The number of hydrogen-bond donors (Lipinski definition) is 1. The average Bonchev–Trinajstić information content (AvgIpc) is 2.87.